The fourth-order valence-corrected chi connectivity index (χ4v) is 1.55. The number of nitrogens with one attached hydrogen (secondary N) is 2. The molecule has 0 radical (unpaired) electrons. The number of aromatic nitrogens is 2. The molecule has 0 aliphatic rings. The molecule has 1 aromatic rings. The van der Waals surface area contributed by atoms with Gasteiger partial charge in [-0.2, -0.15) is 5.10 Å². The van der Waals surface area contributed by atoms with Gasteiger partial charge in [0.15, 0.2) is 0 Å². The third kappa shape index (κ3) is 3.36. The molecule has 102 valence electrons. The molecule has 4 N–H and O–H groups in total. The van der Waals surface area contributed by atoms with E-state index < -0.39 is 0 Å². The summed E-state index contributed by atoms with van der Waals surface area (Å²) in [6.45, 7) is 4.57. The summed E-state index contributed by atoms with van der Waals surface area (Å²) in [7, 11) is 3.37. The molecule has 0 bridgehead atoms. The van der Waals surface area contributed by atoms with Crippen LogP contribution in [0, 0.1) is 6.92 Å². The summed E-state index contributed by atoms with van der Waals surface area (Å²) in [5.41, 5.74) is 7.18. The number of nitrogens with two attached hydrogens (primary N) is 1. The Morgan fingerprint density at radius 3 is 2.78 bits per heavy atom. The molecule has 1 amide bonds. The van der Waals surface area contributed by atoms with Crippen molar-refractivity contribution in [2.24, 2.45) is 7.05 Å². The summed E-state index contributed by atoms with van der Waals surface area (Å²) in [6, 6.07) is -0.390. The lowest BCUT2D eigenvalue weighted by molar-refractivity contribution is -0.121. The topological polar surface area (TPSA) is 94.2 Å². The van der Waals surface area contributed by atoms with Gasteiger partial charge in [0.2, 0.25) is 5.91 Å². The van der Waals surface area contributed by atoms with Crippen LogP contribution < -0.4 is 16.4 Å². The second-order valence-electron chi connectivity index (χ2n) is 4.12. The molecule has 0 fully saturated rings. The summed E-state index contributed by atoms with van der Waals surface area (Å²) in [4.78, 5) is 11.8. The van der Waals surface area contributed by atoms with E-state index >= 15 is 0 Å². The van der Waals surface area contributed by atoms with Crippen molar-refractivity contribution in [2.45, 2.75) is 19.9 Å². The normalized spacial score (nSPS) is 12.2. The van der Waals surface area contributed by atoms with Crippen molar-refractivity contribution in [3.63, 3.8) is 0 Å². The van der Waals surface area contributed by atoms with Gasteiger partial charge < -0.3 is 21.1 Å². The average Bonchev–Trinajstić information content (AvgIpc) is 2.56. The average molecular weight is 255 g/mol. The molecular weight excluding hydrogens is 234 g/mol. The molecule has 0 aliphatic heterocycles. The first-order valence-corrected chi connectivity index (χ1v) is 5.79. The van der Waals surface area contributed by atoms with Crippen molar-refractivity contribution in [3.8, 4) is 0 Å². The van der Waals surface area contributed by atoms with E-state index in [1.165, 1.54) is 0 Å². The van der Waals surface area contributed by atoms with Gasteiger partial charge in [0.25, 0.3) is 0 Å². The van der Waals surface area contributed by atoms with Crippen LogP contribution in [-0.4, -0.2) is 42.0 Å². The highest BCUT2D eigenvalue weighted by molar-refractivity contribution is 5.85. The van der Waals surface area contributed by atoms with Gasteiger partial charge in [-0.05, 0) is 13.8 Å². The standard InChI is InChI=1S/C11H21N5O2/c1-7-9(12)10(16(3)15-7)14-8(2)11(17)13-5-6-18-4/h8,14H,5-6,12H2,1-4H3,(H,13,17). The van der Waals surface area contributed by atoms with Crippen molar-refractivity contribution in [1.82, 2.24) is 15.1 Å². The summed E-state index contributed by atoms with van der Waals surface area (Å²) < 4.78 is 6.49. The van der Waals surface area contributed by atoms with E-state index in [1.807, 2.05) is 6.92 Å². The lowest BCUT2D eigenvalue weighted by Crippen LogP contribution is -2.39. The van der Waals surface area contributed by atoms with Gasteiger partial charge in [-0.3, -0.25) is 9.48 Å². The number of carbonyl (C=O) groups is 1. The number of hydrogen-bond donors (Lipinski definition) is 3. The van der Waals surface area contributed by atoms with Gasteiger partial charge in [-0.1, -0.05) is 0 Å². The van der Waals surface area contributed by atoms with Gasteiger partial charge in [0, 0.05) is 20.7 Å². The van der Waals surface area contributed by atoms with Crippen LogP contribution in [0.15, 0.2) is 0 Å². The fraction of sp³-hybridized carbons (Fsp3) is 0.636. The van der Waals surface area contributed by atoms with Crippen molar-refractivity contribution in [3.05, 3.63) is 5.69 Å². The number of anilines is 2. The molecule has 1 unspecified atom stereocenters. The number of amides is 1. The Balaban J connectivity index is 2.58. The van der Waals surface area contributed by atoms with Crippen LogP contribution in [-0.2, 0) is 16.6 Å². The van der Waals surface area contributed by atoms with E-state index in [4.69, 9.17) is 10.5 Å². The zero-order valence-electron chi connectivity index (χ0n) is 11.3. The Labute approximate surface area is 107 Å². The molecule has 18 heavy (non-hydrogen) atoms. The molecule has 0 saturated carbocycles. The highest BCUT2D eigenvalue weighted by atomic mass is 16.5. The van der Waals surface area contributed by atoms with Gasteiger partial charge in [-0.25, -0.2) is 0 Å². The first-order valence-electron chi connectivity index (χ1n) is 5.79. The fourth-order valence-electron chi connectivity index (χ4n) is 1.55. The summed E-state index contributed by atoms with van der Waals surface area (Å²) in [5.74, 6) is 0.548. The Morgan fingerprint density at radius 1 is 1.61 bits per heavy atom. The zero-order chi connectivity index (χ0) is 13.7. The van der Waals surface area contributed by atoms with Crippen molar-refractivity contribution >= 4 is 17.4 Å². The van der Waals surface area contributed by atoms with Crippen LogP contribution in [0.1, 0.15) is 12.6 Å². The van der Waals surface area contributed by atoms with Gasteiger partial charge in [0.05, 0.1) is 18.0 Å². The maximum atomic E-state index is 11.8. The Morgan fingerprint density at radius 2 is 2.28 bits per heavy atom. The minimum absolute atomic E-state index is 0.106. The Hall–Kier alpha value is -1.76. The van der Waals surface area contributed by atoms with Crippen molar-refractivity contribution in [1.29, 1.82) is 0 Å². The predicted molar refractivity (Wildman–Crippen MR) is 70.3 cm³/mol. The van der Waals surface area contributed by atoms with Crippen LogP contribution in [0.2, 0.25) is 0 Å². The first-order chi connectivity index (χ1) is 8.47. The molecule has 7 heteroatoms. The number of aryl methyl sites for hydroxylation is 2. The summed E-state index contributed by atoms with van der Waals surface area (Å²) in [5, 5.41) is 9.98. The zero-order valence-corrected chi connectivity index (χ0v) is 11.3. The van der Waals surface area contributed by atoms with Crippen molar-refractivity contribution in [2.75, 3.05) is 31.3 Å². The van der Waals surface area contributed by atoms with E-state index in [0.717, 1.165) is 5.69 Å². The van der Waals surface area contributed by atoms with E-state index in [2.05, 4.69) is 15.7 Å². The number of rotatable bonds is 6. The van der Waals surface area contributed by atoms with Gasteiger partial charge in [0.1, 0.15) is 11.9 Å². The molecular formula is C11H21N5O2. The molecule has 0 saturated heterocycles. The smallest absolute Gasteiger partial charge is 0.242 e. The Kier molecular flexibility index (Phi) is 4.96. The SMILES string of the molecule is COCCNC(=O)C(C)Nc1c(N)c(C)nn1C. The monoisotopic (exact) mass is 255 g/mol. The predicted octanol–water partition coefficient (Wildman–Crippen LogP) is -0.126. The number of methoxy groups -OCH3 is 1. The highest BCUT2D eigenvalue weighted by Gasteiger charge is 2.17. The lowest BCUT2D eigenvalue weighted by Gasteiger charge is -2.15. The summed E-state index contributed by atoms with van der Waals surface area (Å²) >= 11 is 0. The van der Waals surface area contributed by atoms with E-state index in [9.17, 15) is 4.79 Å². The molecule has 1 atom stereocenters. The third-order valence-electron chi connectivity index (χ3n) is 2.62. The third-order valence-corrected chi connectivity index (χ3v) is 2.62. The van der Waals surface area contributed by atoms with Crippen molar-refractivity contribution < 1.29 is 9.53 Å². The number of nitrogen functional groups attached to an aromatic ring is 1. The molecule has 1 heterocycles. The summed E-state index contributed by atoms with van der Waals surface area (Å²) in [6.07, 6.45) is 0. The van der Waals surface area contributed by atoms with Crippen LogP contribution >= 0.6 is 0 Å². The minimum Gasteiger partial charge on any atom is -0.394 e. The van der Waals surface area contributed by atoms with Crippen LogP contribution in [0.5, 0.6) is 0 Å². The second-order valence-corrected chi connectivity index (χ2v) is 4.12. The maximum Gasteiger partial charge on any atom is 0.242 e. The van der Waals surface area contributed by atoms with E-state index in [0.29, 0.717) is 24.7 Å². The first kappa shape index (κ1) is 14.3. The maximum absolute atomic E-state index is 11.8. The number of nitrogens with zero attached hydrogens (tertiary/aromatic N) is 2. The number of carbonyl (C=O) groups excluding carboxylic acids is 1. The molecule has 0 aromatic carbocycles. The Bertz CT molecular complexity index is 416. The molecule has 0 aliphatic carbocycles. The molecule has 1 aromatic heterocycles. The molecule has 1 rings (SSSR count). The van der Waals surface area contributed by atoms with Crippen LogP contribution in [0.25, 0.3) is 0 Å². The van der Waals surface area contributed by atoms with E-state index in [1.54, 1.807) is 25.8 Å². The van der Waals surface area contributed by atoms with Crippen LogP contribution in [0.4, 0.5) is 11.5 Å². The number of ether oxygens (including phenoxy) is 1. The minimum atomic E-state index is -0.390. The van der Waals surface area contributed by atoms with Gasteiger partial charge in [-0.15, -0.1) is 0 Å². The second kappa shape index (κ2) is 6.25. The number of hydrogen-bond acceptors (Lipinski definition) is 5. The molecule has 7 nitrogen and oxygen atoms in total. The molecule has 0 spiro atoms. The largest absolute Gasteiger partial charge is 0.394 e. The van der Waals surface area contributed by atoms with Crippen LogP contribution in [0.3, 0.4) is 0 Å². The quantitative estimate of drug-likeness (QED) is 0.616. The lowest BCUT2D eigenvalue weighted by atomic mass is 10.3. The highest BCUT2D eigenvalue weighted by Crippen LogP contribution is 2.21. The van der Waals surface area contributed by atoms with Gasteiger partial charge >= 0.3 is 0 Å². The van der Waals surface area contributed by atoms with E-state index in [-0.39, 0.29) is 11.9 Å².